The van der Waals surface area contributed by atoms with Crippen LogP contribution in [0.5, 0.6) is 0 Å². The van der Waals surface area contributed by atoms with Gasteiger partial charge in [0.1, 0.15) is 6.26 Å². The number of anilines is 1. The highest BCUT2D eigenvalue weighted by Gasteiger charge is 2.11. The summed E-state index contributed by atoms with van der Waals surface area (Å²) in [6, 6.07) is 0.304. The molecule has 0 aliphatic carbocycles. The highest BCUT2D eigenvalue weighted by Crippen LogP contribution is 2.06. The number of aromatic nitrogens is 1. The van der Waals surface area contributed by atoms with Crippen LogP contribution < -0.4 is 5.32 Å². The van der Waals surface area contributed by atoms with Gasteiger partial charge in [-0.2, -0.15) is 4.98 Å². The normalized spacial score (nSPS) is 8.77. The van der Waals surface area contributed by atoms with Crippen LogP contribution in [-0.4, -0.2) is 24.6 Å². The van der Waals surface area contributed by atoms with Gasteiger partial charge in [0.05, 0.1) is 6.61 Å². The van der Waals surface area contributed by atoms with Crippen molar-refractivity contribution >= 4 is 24.4 Å². The fraction of sp³-hybridized carbons (Fsp3) is 0.429. The Morgan fingerprint density at radius 2 is 2.46 bits per heavy atom. The highest BCUT2D eigenvalue weighted by atomic mass is 35.5. The first-order chi connectivity index (χ1) is 5.77. The van der Waals surface area contributed by atoms with Gasteiger partial charge in [0.2, 0.25) is 0 Å². The smallest absolute Gasteiger partial charge is 0.360 e. The van der Waals surface area contributed by atoms with Gasteiger partial charge in [0, 0.05) is 7.05 Å². The van der Waals surface area contributed by atoms with Gasteiger partial charge in [0.15, 0.2) is 5.69 Å². The largest absolute Gasteiger partial charge is 0.461 e. The second-order valence-corrected chi connectivity index (χ2v) is 2.01. The number of hydrogen-bond acceptors (Lipinski definition) is 5. The van der Waals surface area contributed by atoms with Gasteiger partial charge in [-0.05, 0) is 6.92 Å². The molecule has 1 N–H and O–H groups in total. The van der Waals surface area contributed by atoms with E-state index >= 15 is 0 Å². The molecule has 0 radical (unpaired) electrons. The zero-order valence-corrected chi connectivity index (χ0v) is 8.18. The number of ether oxygens (including phenoxy) is 1. The number of rotatable bonds is 3. The molecule has 1 aromatic heterocycles. The van der Waals surface area contributed by atoms with Crippen LogP contribution >= 0.6 is 12.4 Å². The Balaban J connectivity index is 0.00000144. The molecule has 0 fully saturated rings. The lowest BCUT2D eigenvalue weighted by atomic mass is 10.5. The summed E-state index contributed by atoms with van der Waals surface area (Å²) in [5, 5.41) is 2.66. The third-order valence-electron chi connectivity index (χ3n) is 1.20. The summed E-state index contributed by atoms with van der Waals surface area (Å²) in [6.07, 6.45) is 1.25. The van der Waals surface area contributed by atoms with E-state index < -0.39 is 5.97 Å². The average molecular weight is 207 g/mol. The molecule has 13 heavy (non-hydrogen) atoms. The molecular formula is C7H11ClN2O3. The summed E-state index contributed by atoms with van der Waals surface area (Å²) in [7, 11) is 1.65. The minimum absolute atomic E-state index is 0. The number of halogens is 1. The van der Waals surface area contributed by atoms with E-state index in [2.05, 4.69) is 10.3 Å². The molecule has 0 amide bonds. The van der Waals surface area contributed by atoms with E-state index in [0.717, 1.165) is 0 Å². The number of oxazole rings is 1. The Bertz CT molecular complexity index is 274. The predicted octanol–water partition coefficient (Wildman–Crippen LogP) is 1.31. The molecule has 6 heteroatoms. The summed E-state index contributed by atoms with van der Waals surface area (Å²) >= 11 is 0. The molecule has 1 heterocycles. The van der Waals surface area contributed by atoms with Crippen molar-refractivity contribution in [2.24, 2.45) is 0 Å². The van der Waals surface area contributed by atoms with E-state index in [9.17, 15) is 4.79 Å². The number of nitrogens with one attached hydrogen (secondary N) is 1. The Kier molecular flexibility index (Phi) is 4.91. The number of carbonyl (C=O) groups excluding carboxylic acids is 1. The summed E-state index contributed by atoms with van der Waals surface area (Å²) in [5.41, 5.74) is 0.182. The van der Waals surface area contributed by atoms with Crippen molar-refractivity contribution in [2.75, 3.05) is 19.0 Å². The van der Waals surface area contributed by atoms with E-state index in [4.69, 9.17) is 9.15 Å². The SMILES string of the molecule is CCOC(=O)c1coc(NC)n1.Cl. The van der Waals surface area contributed by atoms with E-state index in [1.54, 1.807) is 14.0 Å². The molecule has 1 rings (SSSR count). The van der Waals surface area contributed by atoms with E-state index in [1.807, 2.05) is 0 Å². The van der Waals surface area contributed by atoms with Gasteiger partial charge in [0.25, 0.3) is 6.01 Å². The first kappa shape index (κ1) is 11.8. The monoisotopic (exact) mass is 206 g/mol. The Hall–Kier alpha value is -1.23. The molecule has 74 valence electrons. The fourth-order valence-electron chi connectivity index (χ4n) is 0.687. The van der Waals surface area contributed by atoms with Crippen molar-refractivity contribution < 1.29 is 13.9 Å². The molecule has 0 unspecified atom stereocenters. The molecule has 1 aromatic rings. The quantitative estimate of drug-likeness (QED) is 0.756. The molecule has 0 aliphatic rings. The fourth-order valence-corrected chi connectivity index (χ4v) is 0.687. The molecule has 0 saturated carbocycles. The van der Waals surface area contributed by atoms with Gasteiger partial charge in [-0.15, -0.1) is 12.4 Å². The van der Waals surface area contributed by atoms with Crippen molar-refractivity contribution in [3.8, 4) is 0 Å². The summed E-state index contributed by atoms with van der Waals surface area (Å²) in [4.78, 5) is 14.8. The minimum atomic E-state index is -0.470. The summed E-state index contributed by atoms with van der Waals surface area (Å²) in [5.74, 6) is -0.470. The lowest BCUT2D eigenvalue weighted by molar-refractivity contribution is 0.0519. The zero-order valence-electron chi connectivity index (χ0n) is 7.36. The van der Waals surface area contributed by atoms with E-state index in [1.165, 1.54) is 6.26 Å². The molecule has 0 aromatic carbocycles. The molecule has 0 saturated heterocycles. The van der Waals surface area contributed by atoms with Crippen LogP contribution in [0, 0.1) is 0 Å². The van der Waals surface area contributed by atoms with Crippen molar-refractivity contribution in [2.45, 2.75) is 6.92 Å². The second-order valence-electron chi connectivity index (χ2n) is 2.01. The van der Waals surface area contributed by atoms with Gasteiger partial charge in [-0.3, -0.25) is 0 Å². The van der Waals surface area contributed by atoms with E-state index in [-0.39, 0.29) is 18.1 Å². The number of nitrogens with zero attached hydrogens (tertiary/aromatic N) is 1. The topological polar surface area (TPSA) is 64.4 Å². The van der Waals surface area contributed by atoms with Crippen LogP contribution in [0.2, 0.25) is 0 Å². The van der Waals surface area contributed by atoms with Crippen molar-refractivity contribution in [3.63, 3.8) is 0 Å². The maximum Gasteiger partial charge on any atom is 0.360 e. The Morgan fingerprint density at radius 1 is 1.77 bits per heavy atom. The Morgan fingerprint density at radius 3 is 2.92 bits per heavy atom. The first-order valence-electron chi connectivity index (χ1n) is 3.58. The van der Waals surface area contributed by atoms with E-state index in [0.29, 0.717) is 12.6 Å². The first-order valence-corrected chi connectivity index (χ1v) is 3.58. The molecule has 0 atom stereocenters. The second kappa shape index (κ2) is 5.42. The van der Waals surface area contributed by atoms with Gasteiger partial charge < -0.3 is 14.5 Å². The van der Waals surface area contributed by atoms with Gasteiger partial charge in [-0.1, -0.05) is 0 Å². The zero-order chi connectivity index (χ0) is 8.97. The van der Waals surface area contributed by atoms with Crippen LogP contribution in [0.25, 0.3) is 0 Å². The number of carbonyl (C=O) groups is 1. The lowest BCUT2D eigenvalue weighted by Crippen LogP contribution is -2.04. The number of esters is 1. The third-order valence-corrected chi connectivity index (χ3v) is 1.20. The average Bonchev–Trinajstić information content (AvgIpc) is 2.52. The third kappa shape index (κ3) is 2.95. The van der Waals surface area contributed by atoms with Crippen molar-refractivity contribution in [1.29, 1.82) is 0 Å². The molecule has 0 bridgehead atoms. The highest BCUT2D eigenvalue weighted by molar-refractivity contribution is 5.87. The van der Waals surface area contributed by atoms with Gasteiger partial charge in [-0.25, -0.2) is 4.79 Å². The van der Waals surface area contributed by atoms with Crippen molar-refractivity contribution in [3.05, 3.63) is 12.0 Å². The molecular weight excluding hydrogens is 196 g/mol. The predicted molar refractivity (Wildman–Crippen MR) is 49.3 cm³/mol. The Labute approximate surface area is 81.9 Å². The summed E-state index contributed by atoms with van der Waals surface area (Å²) in [6.45, 7) is 2.07. The standard InChI is InChI=1S/C7H10N2O3.ClH/c1-3-11-6(10)5-4-12-7(8-2)9-5;/h4H,3H2,1-2H3,(H,8,9);1H. The molecule has 0 spiro atoms. The van der Waals surface area contributed by atoms with Crippen LogP contribution in [0.1, 0.15) is 17.4 Å². The molecule has 5 nitrogen and oxygen atoms in total. The van der Waals surface area contributed by atoms with Crippen LogP contribution in [0.4, 0.5) is 6.01 Å². The number of hydrogen-bond donors (Lipinski definition) is 1. The molecule has 0 aliphatic heterocycles. The van der Waals surface area contributed by atoms with Crippen LogP contribution in [-0.2, 0) is 4.74 Å². The van der Waals surface area contributed by atoms with Gasteiger partial charge >= 0.3 is 5.97 Å². The van der Waals surface area contributed by atoms with Crippen LogP contribution in [0.15, 0.2) is 10.7 Å². The minimum Gasteiger partial charge on any atom is -0.461 e. The summed E-state index contributed by atoms with van der Waals surface area (Å²) < 4.78 is 9.55. The maximum atomic E-state index is 11.0. The van der Waals surface area contributed by atoms with Crippen molar-refractivity contribution in [1.82, 2.24) is 4.98 Å². The van der Waals surface area contributed by atoms with Crippen LogP contribution in [0.3, 0.4) is 0 Å². The maximum absolute atomic E-state index is 11.0. The lowest BCUT2D eigenvalue weighted by Gasteiger charge is -1.94.